The van der Waals surface area contributed by atoms with Gasteiger partial charge >= 0.3 is 0 Å². The molecule has 0 atom stereocenters. The van der Waals surface area contributed by atoms with Crippen LogP contribution in [0.2, 0.25) is 0 Å². The minimum Gasteiger partial charge on any atom is -0.357 e. The number of hydrogen-bond acceptors (Lipinski definition) is 2. The van der Waals surface area contributed by atoms with Gasteiger partial charge in [0.2, 0.25) is 5.91 Å². The zero-order valence-electron chi connectivity index (χ0n) is 13.2. The fourth-order valence-corrected chi connectivity index (χ4v) is 2.31. The SMILES string of the molecule is CCNC(=NCCNC(=O)C(C)C)NC1CCCCC1. The molecule has 0 unspecified atom stereocenters. The summed E-state index contributed by atoms with van der Waals surface area (Å²) < 4.78 is 0. The first kappa shape index (κ1) is 16.8. The summed E-state index contributed by atoms with van der Waals surface area (Å²) in [7, 11) is 0. The highest BCUT2D eigenvalue weighted by molar-refractivity contribution is 5.80. The topological polar surface area (TPSA) is 65.5 Å². The monoisotopic (exact) mass is 282 g/mol. The van der Waals surface area contributed by atoms with Crippen LogP contribution in [-0.2, 0) is 4.79 Å². The van der Waals surface area contributed by atoms with Gasteiger partial charge in [-0.15, -0.1) is 0 Å². The average Bonchev–Trinajstić information content (AvgIpc) is 2.44. The molecular weight excluding hydrogens is 252 g/mol. The lowest BCUT2D eigenvalue weighted by atomic mass is 9.96. The van der Waals surface area contributed by atoms with Crippen molar-refractivity contribution in [2.75, 3.05) is 19.6 Å². The Bertz CT molecular complexity index is 309. The lowest BCUT2D eigenvalue weighted by Crippen LogP contribution is -2.44. The van der Waals surface area contributed by atoms with E-state index in [-0.39, 0.29) is 11.8 Å². The highest BCUT2D eigenvalue weighted by atomic mass is 16.1. The summed E-state index contributed by atoms with van der Waals surface area (Å²) in [5.74, 6) is 0.996. The minimum absolute atomic E-state index is 0.0348. The first-order valence-electron chi connectivity index (χ1n) is 7.96. The van der Waals surface area contributed by atoms with E-state index in [4.69, 9.17) is 0 Å². The number of guanidine groups is 1. The summed E-state index contributed by atoms with van der Waals surface area (Å²) in [6, 6.07) is 0.548. The smallest absolute Gasteiger partial charge is 0.222 e. The van der Waals surface area contributed by atoms with Crippen LogP contribution in [0.3, 0.4) is 0 Å². The van der Waals surface area contributed by atoms with E-state index >= 15 is 0 Å². The second-order valence-electron chi connectivity index (χ2n) is 5.69. The van der Waals surface area contributed by atoms with Crippen LogP contribution in [0.1, 0.15) is 52.9 Å². The van der Waals surface area contributed by atoms with Gasteiger partial charge in [-0.1, -0.05) is 33.1 Å². The normalized spacial score (nSPS) is 17.1. The lowest BCUT2D eigenvalue weighted by molar-refractivity contribution is -0.123. The maximum absolute atomic E-state index is 11.4. The number of carbonyl (C=O) groups excluding carboxylic acids is 1. The molecule has 116 valence electrons. The van der Waals surface area contributed by atoms with E-state index < -0.39 is 0 Å². The third-order valence-electron chi connectivity index (χ3n) is 3.50. The number of rotatable bonds is 6. The van der Waals surface area contributed by atoms with Gasteiger partial charge in [-0.05, 0) is 19.8 Å². The summed E-state index contributed by atoms with van der Waals surface area (Å²) in [5.41, 5.74) is 0. The van der Waals surface area contributed by atoms with Gasteiger partial charge in [0.05, 0.1) is 6.54 Å². The molecule has 1 aliphatic rings. The Morgan fingerprint density at radius 1 is 1.20 bits per heavy atom. The molecule has 1 fully saturated rings. The molecule has 1 amide bonds. The molecule has 1 saturated carbocycles. The summed E-state index contributed by atoms with van der Waals surface area (Å²) >= 11 is 0. The number of nitrogens with zero attached hydrogens (tertiary/aromatic N) is 1. The Kier molecular flexibility index (Phi) is 8.07. The average molecular weight is 282 g/mol. The first-order chi connectivity index (χ1) is 9.63. The number of aliphatic imine (C=N–C) groups is 1. The number of hydrogen-bond donors (Lipinski definition) is 3. The fraction of sp³-hybridized carbons (Fsp3) is 0.867. The van der Waals surface area contributed by atoms with Crippen molar-refractivity contribution in [1.82, 2.24) is 16.0 Å². The van der Waals surface area contributed by atoms with Gasteiger partial charge in [0.25, 0.3) is 0 Å². The molecule has 1 rings (SSSR count). The van der Waals surface area contributed by atoms with Crippen molar-refractivity contribution in [3.63, 3.8) is 0 Å². The Morgan fingerprint density at radius 3 is 2.50 bits per heavy atom. The van der Waals surface area contributed by atoms with Crippen molar-refractivity contribution in [1.29, 1.82) is 0 Å². The number of carbonyl (C=O) groups is 1. The Morgan fingerprint density at radius 2 is 1.90 bits per heavy atom. The molecule has 0 spiro atoms. The van der Waals surface area contributed by atoms with Crippen LogP contribution in [0.25, 0.3) is 0 Å². The summed E-state index contributed by atoms with van der Waals surface area (Å²) in [6.45, 7) is 7.93. The van der Waals surface area contributed by atoms with Crippen molar-refractivity contribution < 1.29 is 4.79 Å². The molecule has 0 radical (unpaired) electrons. The molecular formula is C15H30N4O. The highest BCUT2D eigenvalue weighted by Crippen LogP contribution is 2.17. The van der Waals surface area contributed by atoms with Gasteiger partial charge < -0.3 is 16.0 Å². The van der Waals surface area contributed by atoms with Crippen molar-refractivity contribution >= 4 is 11.9 Å². The minimum atomic E-state index is 0.0348. The van der Waals surface area contributed by atoms with Gasteiger partial charge in [-0.3, -0.25) is 9.79 Å². The Hall–Kier alpha value is -1.26. The van der Waals surface area contributed by atoms with Crippen molar-refractivity contribution in [3.05, 3.63) is 0 Å². The standard InChI is InChI=1S/C15H30N4O/c1-4-16-15(19-13-8-6-5-7-9-13)18-11-10-17-14(20)12(2)3/h12-13H,4-11H2,1-3H3,(H,17,20)(H2,16,18,19). The van der Waals surface area contributed by atoms with Gasteiger partial charge in [0.1, 0.15) is 0 Å². The zero-order chi connectivity index (χ0) is 14.8. The molecule has 0 aliphatic heterocycles. The molecule has 5 nitrogen and oxygen atoms in total. The zero-order valence-corrected chi connectivity index (χ0v) is 13.2. The van der Waals surface area contributed by atoms with Gasteiger partial charge in [0.15, 0.2) is 5.96 Å². The number of amides is 1. The van der Waals surface area contributed by atoms with Crippen LogP contribution in [0.15, 0.2) is 4.99 Å². The maximum Gasteiger partial charge on any atom is 0.222 e. The van der Waals surface area contributed by atoms with Crippen LogP contribution >= 0.6 is 0 Å². The van der Waals surface area contributed by atoms with Crippen LogP contribution in [0.4, 0.5) is 0 Å². The van der Waals surface area contributed by atoms with Crippen molar-refractivity contribution in [2.45, 2.75) is 58.9 Å². The van der Waals surface area contributed by atoms with E-state index in [1.807, 2.05) is 13.8 Å². The van der Waals surface area contributed by atoms with Crippen LogP contribution in [0.5, 0.6) is 0 Å². The molecule has 3 N–H and O–H groups in total. The molecule has 20 heavy (non-hydrogen) atoms. The van der Waals surface area contributed by atoms with Crippen LogP contribution in [0, 0.1) is 5.92 Å². The third-order valence-corrected chi connectivity index (χ3v) is 3.50. The molecule has 5 heteroatoms. The highest BCUT2D eigenvalue weighted by Gasteiger charge is 2.14. The summed E-state index contributed by atoms with van der Waals surface area (Å²) in [6.07, 6.45) is 6.43. The van der Waals surface area contributed by atoms with E-state index in [1.54, 1.807) is 0 Å². The predicted octanol–water partition coefficient (Wildman–Crippen LogP) is 1.65. The Balaban J connectivity index is 2.32. The molecule has 0 bridgehead atoms. The maximum atomic E-state index is 11.4. The van der Waals surface area contributed by atoms with E-state index in [2.05, 4.69) is 27.9 Å². The molecule has 0 aromatic rings. The van der Waals surface area contributed by atoms with E-state index in [1.165, 1.54) is 32.1 Å². The van der Waals surface area contributed by atoms with Crippen molar-refractivity contribution in [2.24, 2.45) is 10.9 Å². The largest absolute Gasteiger partial charge is 0.357 e. The molecule has 1 aliphatic carbocycles. The van der Waals surface area contributed by atoms with E-state index in [9.17, 15) is 4.79 Å². The van der Waals surface area contributed by atoms with Crippen molar-refractivity contribution in [3.8, 4) is 0 Å². The lowest BCUT2D eigenvalue weighted by Gasteiger charge is -2.24. The molecule has 0 saturated heterocycles. The molecule has 0 heterocycles. The van der Waals surface area contributed by atoms with Gasteiger partial charge in [-0.2, -0.15) is 0 Å². The predicted molar refractivity (Wildman–Crippen MR) is 83.8 cm³/mol. The van der Waals surface area contributed by atoms with E-state index in [0.29, 0.717) is 19.1 Å². The van der Waals surface area contributed by atoms with Gasteiger partial charge in [0, 0.05) is 25.0 Å². The van der Waals surface area contributed by atoms with Crippen LogP contribution in [-0.4, -0.2) is 37.5 Å². The quantitative estimate of drug-likeness (QED) is 0.394. The fourth-order valence-electron chi connectivity index (χ4n) is 2.31. The molecule has 0 aromatic carbocycles. The number of nitrogens with one attached hydrogen (secondary N) is 3. The Labute approximate surface area is 123 Å². The summed E-state index contributed by atoms with van der Waals surface area (Å²) in [5, 5.41) is 9.64. The van der Waals surface area contributed by atoms with Crippen LogP contribution < -0.4 is 16.0 Å². The summed E-state index contributed by atoms with van der Waals surface area (Å²) in [4.78, 5) is 16.0. The van der Waals surface area contributed by atoms with E-state index in [0.717, 1.165) is 12.5 Å². The first-order valence-corrected chi connectivity index (χ1v) is 7.96. The van der Waals surface area contributed by atoms with Gasteiger partial charge in [-0.25, -0.2) is 0 Å². The third kappa shape index (κ3) is 6.78. The second-order valence-corrected chi connectivity index (χ2v) is 5.69. The molecule has 0 aromatic heterocycles. The second kappa shape index (κ2) is 9.61.